The Labute approximate surface area is 137 Å². The van der Waals surface area contributed by atoms with E-state index in [-0.39, 0.29) is 11.9 Å². The van der Waals surface area contributed by atoms with Crippen molar-refractivity contribution in [3.63, 3.8) is 0 Å². The van der Waals surface area contributed by atoms with Gasteiger partial charge in [-0.3, -0.25) is 4.79 Å². The molecule has 0 aliphatic rings. The fraction of sp³-hybridized carbons (Fsp3) is 0.316. The number of hydrogen-bond donors (Lipinski definition) is 1. The predicted molar refractivity (Wildman–Crippen MR) is 90.8 cm³/mol. The van der Waals surface area contributed by atoms with Gasteiger partial charge in [0, 0.05) is 0 Å². The van der Waals surface area contributed by atoms with Crippen LogP contribution in [0.15, 0.2) is 48.5 Å². The molecule has 0 aromatic heterocycles. The Morgan fingerprint density at radius 1 is 0.957 bits per heavy atom. The van der Waals surface area contributed by atoms with E-state index in [4.69, 9.17) is 9.47 Å². The summed E-state index contributed by atoms with van der Waals surface area (Å²) in [5.74, 6) is 1.34. The molecule has 1 amide bonds. The highest BCUT2D eigenvalue weighted by Gasteiger charge is 2.17. The number of carbonyl (C=O) groups excluding carboxylic acids is 1. The smallest absolute Gasteiger partial charge is 0.261 e. The standard InChI is InChI=1S/C19H23NO3/c1-13-5-9-18(10-6-13)23-15(3)19(21)20-14(2)16-7-11-17(22-4)12-8-16/h5-12,14-15H,1-4H3,(H,20,21)/t14-,15+/m0/s1. The number of hydrogen-bond acceptors (Lipinski definition) is 3. The van der Waals surface area contributed by atoms with Gasteiger partial charge in [-0.15, -0.1) is 0 Å². The van der Waals surface area contributed by atoms with Gasteiger partial charge in [0.1, 0.15) is 11.5 Å². The molecule has 0 radical (unpaired) electrons. The molecule has 122 valence electrons. The summed E-state index contributed by atoms with van der Waals surface area (Å²) in [5.41, 5.74) is 2.17. The molecule has 0 saturated carbocycles. The summed E-state index contributed by atoms with van der Waals surface area (Å²) in [7, 11) is 1.63. The second kappa shape index (κ2) is 7.68. The van der Waals surface area contributed by atoms with Crippen molar-refractivity contribution in [2.75, 3.05) is 7.11 Å². The van der Waals surface area contributed by atoms with Gasteiger partial charge in [-0.25, -0.2) is 0 Å². The summed E-state index contributed by atoms with van der Waals surface area (Å²) in [4.78, 5) is 12.3. The average Bonchev–Trinajstić information content (AvgIpc) is 2.56. The van der Waals surface area contributed by atoms with Crippen LogP contribution in [-0.2, 0) is 4.79 Å². The largest absolute Gasteiger partial charge is 0.497 e. The first kappa shape index (κ1) is 16.9. The van der Waals surface area contributed by atoms with Crippen LogP contribution >= 0.6 is 0 Å². The number of methoxy groups -OCH3 is 1. The van der Waals surface area contributed by atoms with Crippen molar-refractivity contribution >= 4 is 5.91 Å². The van der Waals surface area contributed by atoms with Crippen LogP contribution in [-0.4, -0.2) is 19.1 Å². The van der Waals surface area contributed by atoms with Crippen molar-refractivity contribution in [1.82, 2.24) is 5.32 Å². The summed E-state index contributed by atoms with van der Waals surface area (Å²) < 4.78 is 10.8. The SMILES string of the molecule is COc1ccc([C@H](C)NC(=O)[C@@H](C)Oc2ccc(C)cc2)cc1. The number of rotatable bonds is 6. The molecular weight excluding hydrogens is 290 g/mol. The molecule has 2 rings (SSSR count). The van der Waals surface area contributed by atoms with Crippen LogP contribution in [0.2, 0.25) is 0 Å². The number of benzene rings is 2. The number of aryl methyl sites for hydroxylation is 1. The molecule has 0 aliphatic heterocycles. The van der Waals surface area contributed by atoms with Gasteiger partial charge in [-0.05, 0) is 50.6 Å². The molecule has 0 spiro atoms. The van der Waals surface area contributed by atoms with E-state index >= 15 is 0 Å². The van der Waals surface area contributed by atoms with E-state index in [2.05, 4.69) is 5.32 Å². The maximum Gasteiger partial charge on any atom is 0.261 e. The van der Waals surface area contributed by atoms with Crippen molar-refractivity contribution in [3.05, 3.63) is 59.7 Å². The minimum atomic E-state index is -0.557. The van der Waals surface area contributed by atoms with E-state index in [1.165, 1.54) is 0 Å². The van der Waals surface area contributed by atoms with Crippen molar-refractivity contribution in [2.45, 2.75) is 32.9 Å². The van der Waals surface area contributed by atoms with E-state index in [1.807, 2.05) is 62.4 Å². The molecule has 0 heterocycles. The maximum absolute atomic E-state index is 12.3. The van der Waals surface area contributed by atoms with Gasteiger partial charge in [0.15, 0.2) is 6.10 Å². The third-order valence-electron chi connectivity index (χ3n) is 3.68. The minimum absolute atomic E-state index is 0.0996. The third-order valence-corrected chi connectivity index (χ3v) is 3.68. The summed E-state index contributed by atoms with van der Waals surface area (Å²) in [5, 5.41) is 2.96. The van der Waals surface area contributed by atoms with Gasteiger partial charge in [0.25, 0.3) is 5.91 Å². The Kier molecular flexibility index (Phi) is 5.63. The Morgan fingerprint density at radius 3 is 2.09 bits per heavy atom. The van der Waals surface area contributed by atoms with E-state index in [0.29, 0.717) is 5.75 Å². The maximum atomic E-state index is 12.3. The van der Waals surface area contributed by atoms with Gasteiger partial charge >= 0.3 is 0 Å². The molecule has 0 bridgehead atoms. The van der Waals surface area contributed by atoms with Crippen LogP contribution < -0.4 is 14.8 Å². The van der Waals surface area contributed by atoms with Crippen LogP contribution in [0.25, 0.3) is 0 Å². The van der Waals surface area contributed by atoms with Crippen LogP contribution in [0.5, 0.6) is 11.5 Å². The molecule has 2 atom stereocenters. The second-order valence-corrected chi connectivity index (χ2v) is 5.58. The number of amides is 1. The predicted octanol–water partition coefficient (Wildman–Crippen LogP) is 3.65. The highest BCUT2D eigenvalue weighted by molar-refractivity contribution is 5.81. The van der Waals surface area contributed by atoms with Crippen LogP contribution in [0.3, 0.4) is 0 Å². The van der Waals surface area contributed by atoms with Crippen molar-refractivity contribution in [2.24, 2.45) is 0 Å². The topological polar surface area (TPSA) is 47.6 Å². The number of ether oxygens (including phenoxy) is 2. The van der Waals surface area contributed by atoms with Crippen molar-refractivity contribution in [1.29, 1.82) is 0 Å². The second-order valence-electron chi connectivity index (χ2n) is 5.58. The lowest BCUT2D eigenvalue weighted by Crippen LogP contribution is -2.37. The van der Waals surface area contributed by atoms with Gasteiger partial charge in [-0.2, -0.15) is 0 Å². The lowest BCUT2D eigenvalue weighted by atomic mass is 10.1. The first-order chi connectivity index (χ1) is 11.0. The van der Waals surface area contributed by atoms with Gasteiger partial charge in [-0.1, -0.05) is 29.8 Å². The zero-order valence-corrected chi connectivity index (χ0v) is 14.0. The third kappa shape index (κ3) is 4.74. The van der Waals surface area contributed by atoms with Gasteiger partial charge in [0.05, 0.1) is 13.2 Å². The Bertz CT molecular complexity index is 635. The van der Waals surface area contributed by atoms with E-state index in [9.17, 15) is 4.79 Å². The molecule has 0 fully saturated rings. The highest BCUT2D eigenvalue weighted by atomic mass is 16.5. The summed E-state index contributed by atoms with van der Waals surface area (Å²) >= 11 is 0. The normalized spacial score (nSPS) is 13.0. The number of carbonyl (C=O) groups is 1. The monoisotopic (exact) mass is 313 g/mol. The molecule has 4 heteroatoms. The lowest BCUT2D eigenvalue weighted by Gasteiger charge is -2.19. The minimum Gasteiger partial charge on any atom is -0.497 e. The molecule has 2 aromatic rings. The molecule has 0 aliphatic carbocycles. The zero-order valence-electron chi connectivity index (χ0n) is 14.0. The quantitative estimate of drug-likeness (QED) is 0.885. The van der Waals surface area contributed by atoms with Crippen molar-refractivity contribution in [3.8, 4) is 11.5 Å². The summed E-state index contributed by atoms with van der Waals surface area (Å²) in [6, 6.07) is 15.2. The molecule has 2 aromatic carbocycles. The Hall–Kier alpha value is -2.49. The first-order valence-electron chi connectivity index (χ1n) is 7.67. The Morgan fingerprint density at radius 2 is 1.52 bits per heavy atom. The molecular formula is C19H23NO3. The highest BCUT2D eigenvalue weighted by Crippen LogP contribution is 2.18. The first-order valence-corrected chi connectivity index (χ1v) is 7.67. The van der Waals surface area contributed by atoms with E-state index in [0.717, 1.165) is 16.9 Å². The van der Waals surface area contributed by atoms with Crippen LogP contribution in [0, 0.1) is 6.92 Å². The van der Waals surface area contributed by atoms with Crippen LogP contribution in [0.4, 0.5) is 0 Å². The number of nitrogens with one attached hydrogen (secondary N) is 1. The summed E-state index contributed by atoms with van der Waals surface area (Å²) in [6.07, 6.45) is -0.557. The van der Waals surface area contributed by atoms with Crippen molar-refractivity contribution < 1.29 is 14.3 Å². The molecule has 23 heavy (non-hydrogen) atoms. The summed E-state index contributed by atoms with van der Waals surface area (Å²) in [6.45, 7) is 5.70. The van der Waals surface area contributed by atoms with Gasteiger partial charge in [0.2, 0.25) is 0 Å². The average molecular weight is 313 g/mol. The molecule has 1 N–H and O–H groups in total. The zero-order chi connectivity index (χ0) is 16.8. The fourth-order valence-electron chi connectivity index (χ4n) is 2.18. The fourth-order valence-corrected chi connectivity index (χ4v) is 2.18. The molecule has 0 unspecified atom stereocenters. The van der Waals surface area contributed by atoms with E-state index in [1.54, 1.807) is 14.0 Å². The van der Waals surface area contributed by atoms with E-state index < -0.39 is 6.10 Å². The van der Waals surface area contributed by atoms with Crippen LogP contribution in [0.1, 0.15) is 31.0 Å². The lowest BCUT2D eigenvalue weighted by molar-refractivity contribution is -0.127. The Balaban J connectivity index is 1.92. The molecule has 0 saturated heterocycles. The molecule has 4 nitrogen and oxygen atoms in total. The van der Waals surface area contributed by atoms with Gasteiger partial charge < -0.3 is 14.8 Å².